The molecule has 8 heavy (non-hydrogen) atoms. The van der Waals surface area contributed by atoms with Gasteiger partial charge in [-0.2, -0.15) is 0 Å². The van der Waals surface area contributed by atoms with E-state index in [1.54, 1.807) is 0 Å². The summed E-state index contributed by atoms with van der Waals surface area (Å²) < 4.78 is 3.82. The molecule has 0 aliphatic carbocycles. The summed E-state index contributed by atoms with van der Waals surface area (Å²) in [6, 6.07) is 0. The fourth-order valence-corrected chi connectivity index (χ4v) is 0.357. The molecule has 0 aliphatic rings. The van der Waals surface area contributed by atoms with Gasteiger partial charge < -0.3 is 4.89 Å². The van der Waals surface area contributed by atoms with Crippen LogP contribution in [0.4, 0.5) is 0 Å². The smallest absolute Gasteiger partial charge is 0.397 e. The fourth-order valence-electron chi connectivity index (χ4n) is 0.119. The number of rotatable bonds is 2. The summed E-state index contributed by atoms with van der Waals surface area (Å²) in [7, 11) is -2.57. The minimum Gasteiger partial charge on any atom is -0.576 e. The quantitative estimate of drug-likeness (QED) is 0.430. The third kappa shape index (κ3) is 3.46. The van der Waals surface area contributed by atoms with Crippen molar-refractivity contribution in [3.8, 4) is 0 Å². The van der Waals surface area contributed by atoms with Crippen LogP contribution in [0.15, 0.2) is 12.7 Å². The van der Waals surface area contributed by atoms with E-state index in [9.17, 15) is 9.69 Å². The van der Waals surface area contributed by atoms with Crippen molar-refractivity contribution < 1.29 is 14.2 Å². The van der Waals surface area contributed by atoms with Gasteiger partial charge in [-0.15, -0.1) is 0 Å². The lowest BCUT2D eigenvalue weighted by Crippen LogP contribution is -1.97. The highest BCUT2D eigenvalue weighted by atomic mass is 31.1. The second-order valence-corrected chi connectivity index (χ2v) is 1.57. The Balaban J connectivity index is 3.55. The molecule has 1 N–H and O–H groups in total. The number of carbonyl (C=O) groups is 1. The van der Waals surface area contributed by atoms with E-state index in [1.165, 1.54) is 0 Å². The van der Waals surface area contributed by atoms with E-state index in [4.69, 9.17) is 5.16 Å². The van der Waals surface area contributed by atoms with E-state index in [0.717, 1.165) is 6.08 Å². The first-order valence-electron chi connectivity index (χ1n) is 1.69. The van der Waals surface area contributed by atoms with Gasteiger partial charge in [-0.05, 0) is 0 Å². The largest absolute Gasteiger partial charge is 0.576 e. The Labute approximate surface area is 47.2 Å². The van der Waals surface area contributed by atoms with Crippen LogP contribution in [-0.2, 0) is 9.32 Å². The molecule has 0 aliphatic heterocycles. The van der Waals surface area contributed by atoms with Crippen molar-refractivity contribution in [3.63, 3.8) is 0 Å². The molecule has 0 heterocycles. The molecule has 1 unspecified atom stereocenters. The molecule has 0 radical (unpaired) electrons. The highest BCUT2D eigenvalue weighted by Gasteiger charge is 2.01. The SMILES string of the molecule is C=CC(=O)O[P+](=N)[O-]. The van der Waals surface area contributed by atoms with E-state index >= 15 is 0 Å². The van der Waals surface area contributed by atoms with Gasteiger partial charge in [-0.3, -0.25) is 0 Å². The van der Waals surface area contributed by atoms with Crippen LogP contribution in [0.3, 0.4) is 0 Å². The zero-order valence-corrected chi connectivity index (χ0v) is 4.85. The maximum absolute atomic E-state index is 9.98. The molecule has 0 aromatic carbocycles. The average molecular weight is 133 g/mol. The van der Waals surface area contributed by atoms with Crippen molar-refractivity contribution in [2.75, 3.05) is 0 Å². The average Bonchev–Trinajstić information content (AvgIpc) is 1.65. The van der Waals surface area contributed by atoms with Crippen LogP contribution >= 0.6 is 8.17 Å². The predicted molar refractivity (Wildman–Crippen MR) is 25.9 cm³/mol. The second-order valence-electron chi connectivity index (χ2n) is 0.872. The molecule has 0 saturated heterocycles. The molecule has 0 fully saturated rings. The zero-order chi connectivity index (χ0) is 6.57. The Kier molecular flexibility index (Phi) is 2.99. The van der Waals surface area contributed by atoms with Gasteiger partial charge >= 0.3 is 14.1 Å². The van der Waals surface area contributed by atoms with E-state index in [0.29, 0.717) is 0 Å². The number of hydrogen-bond acceptors (Lipinski definition) is 4. The Morgan fingerprint density at radius 2 is 2.50 bits per heavy atom. The highest BCUT2D eigenvalue weighted by Crippen LogP contribution is 2.09. The summed E-state index contributed by atoms with van der Waals surface area (Å²) in [5.74, 6) is -0.832. The molecule has 0 rings (SSSR count). The highest BCUT2D eigenvalue weighted by molar-refractivity contribution is 7.32. The van der Waals surface area contributed by atoms with E-state index in [-0.39, 0.29) is 0 Å². The van der Waals surface area contributed by atoms with Gasteiger partial charge in [0.15, 0.2) is 0 Å². The van der Waals surface area contributed by atoms with Crippen molar-refractivity contribution in [2.24, 2.45) is 0 Å². The zero-order valence-electron chi connectivity index (χ0n) is 3.96. The van der Waals surface area contributed by atoms with Crippen LogP contribution in [0.2, 0.25) is 0 Å². The van der Waals surface area contributed by atoms with E-state index < -0.39 is 14.1 Å². The Morgan fingerprint density at radius 1 is 2.00 bits per heavy atom. The Hall–Kier alpha value is -0.730. The van der Waals surface area contributed by atoms with Crippen molar-refractivity contribution in [3.05, 3.63) is 12.7 Å². The van der Waals surface area contributed by atoms with Gasteiger partial charge in [0, 0.05) is 6.08 Å². The molecule has 5 heteroatoms. The Bertz CT molecular complexity index is 132. The third-order valence-electron chi connectivity index (χ3n) is 0.340. The van der Waals surface area contributed by atoms with Crippen molar-refractivity contribution in [2.45, 2.75) is 0 Å². The molecule has 0 aromatic heterocycles. The number of hydrogen-bond donors (Lipinski definition) is 1. The summed E-state index contributed by atoms with van der Waals surface area (Å²) in [5.41, 5.74) is 0. The van der Waals surface area contributed by atoms with Crippen molar-refractivity contribution >= 4 is 14.1 Å². The monoisotopic (exact) mass is 133 g/mol. The van der Waals surface area contributed by atoms with Gasteiger partial charge in [0.1, 0.15) is 0 Å². The Morgan fingerprint density at radius 3 is 2.62 bits per heavy atom. The van der Waals surface area contributed by atoms with Crippen LogP contribution in [-0.4, -0.2) is 5.97 Å². The van der Waals surface area contributed by atoms with Gasteiger partial charge in [-0.1, -0.05) is 11.7 Å². The fraction of sp³-hybridized carbons (Fsp3) is 0. The lowest BCUT2D eigenvalue weighted by atomic mass is 10.7. The molecule has 0 saturated carbocycles. The molecule has 1 atom stereocenters. The molecule has 4 nitrogen and oxygen atoms in total. The van der Waals surface area contributed by atoms with Gasteiger partial charge in [-0.25, -0.2) is 9.32 Å². The third-order valence-corrected chi connectivity index (χ3v) is 0.685. The second kappa shape index (κ2) is 3.29. The van der Waals surface area contributed by atoms with Crippen molar-refractivity contribution in [1.29, 1.82) is 5.16 Å². The van der Waals surface area contributed by atoms with Crippen LogP contribution < -0.4 is 4.89 Å². The van der Waals surface area contributed by atoms with Crippen LogP contribution in [0.1, 0.15) is 0 Å². The summed E-state index contributed by atoms with van der Waals surface area (Å²) in [6.45, 7) is 3.03. The minimum absolute atomic E-state index is 0.832. The number of nitrogens with one attached hydrogen (secondary N) is 1. The molecule has 0 bridgehead atoms. The first-order valence-corrected chi connectivity index (χ1v) is 2.87. The van der Waals surface area contributed by atoms with Gasteiger partial charge in [0.2, 0.25) is 0 Å². The van der Waals surface area contributed by atoms with Crippen LogP contribution in [0.5, 0.6) is 0 Å². The van der Waals surface area contributed by atoms with Crippen molar-refractivity contribution in [1.82, 2.24) is 0 Å². The minimum atomic E-state index is -2.57. The molecule has 0 spiro atoms. The molecule has 44 valence electrons. The summed E-state index contributed by atoms with van der Waals surface area (Å²) in [4.78, 5) is 19.7. The first kappa shape index (κ1) is 7.27. The maximum atomic E-state index is 9.98. The van der Waals surface area contributed by atoms with E-state index in [2.05, 4.69) is 11.1 Å². The lowest BCUT2D eigenvalue weighted by molar-refractivity contribution is -0.178. The molecule has 0 aromatic rings. The molecular formula is C3H4NO3P. The summed E-state index contributed by atoms with van der Waals surface area (Å²) >= 11 is 0. The maximum Gasteiger partial charge on any atom is 0.397 e. The normalized spacial score (nSPS) is 9.88. The summed E-state index contributed by atoms with van der Waals surface area (Å²) in [6.07, 6.45) is 0.849. The molecule has 0 amide bonds. The van der Waals surface area contributed by atoms with E-state index in [1.807, 2.05) is 0 Å². The van der Waals surface area contributed by atoms with Gasteiger partial charge in [0.25, 0.3) is 0 Å². The van der Waals surface area contributed by atoms with Crippen LogP contribution in [0, 0.1) is 5.16 Å². The molecular weight excluding hydrogens is 129 g/mol. The first-order chi connectivity index (χ1) is 3.66. The predicted octanol–water partition coefficient (Wildman–Crippen LogP) is 0.150. The standard InChI is InChI=1S/C3H4NO3P/c1-2-3(5)7-8(4)6/h2,4H,1H2. The van der Waals surface area contributed by atoms with Gasteiger partial charge in [0.05, 0.1) is 0 Å². The van der Waals surface area contributed by atoms with Crippen LogP contribution in [0.25, 0.3) is 0 Å². The number of carbonyl (C=O) groups excluding carboxylic acids is 1. The lowest BCUT2D eigenvalue weighted by Gasteiger charge is -1.85. The summed E-state index contributed by atoms with van der Waals surface area (Å²) in [5, 5.41) is 6.23. The topological polar surface area (TPSA) is 73.2 Å².